The number of aryl methyl sites for hydroxylation is 1. The molecule has 2 aromatic rings. The van der Waals surface area contributed by atoms with E-state index in [4.69, 9.17) is 0 Å². The van der Waals surface area contributed by atoms with E-state index in [1.165, 1.54) is 12.5 Å². The van der Waals surface area contributed by atoms with Crippen molar-refractivity contribution in [2.45, 2.75) is 23.7 Å². The number of aromatic amines is 1. The molecule has 1 fully saturated rings. The van der Waals surface area contributed by atoms with Crippen molar-refractivity contribution in [2.75, 3.05) is 19.3 Å². The van der Waals surface area contributed by atoms with E-state index in [-0.39, 0.29) is 16.7 Å². The van der Waals surface area contributed by atoms with E-state index >= 15 is 0 Å². The molecule has 9 heteroatoms. The molecule has 0 aromatic carbocycles. The highest BCUT2D eigenvalue weighted by Crippen LogP contribution is 2.30. The van der Waals surface area contributed by atoms with Crippen molar-refractivity contribution < 1.29 is 13.2 Å². The fourth-order valence-electron chi connectivity index (χ4n) is 2.96. The highest BCUT2D eigenvalue weighted by molar-refractivity contribution is 7.90. The lowest BCUT2D eigenvalue weighted by Crippen LogP contribution is -2.39. The molecule has 1 amide bonds. The van der Waals surface area contributed by atoms with Crippen molar-refractivity contribution in [3.8, 4) is 0 Å². The standard InChI is InChI=1S/C14H19N5O3S/c1-18-7-5-11(17-18)14(20)19-6-3-4-10(9-19)13-12(8-15-16-13)23(2,21)22/h5,7-8,10H,3-4,6,9H2,1-2H3,(H,15,16). The Kier molecular flexibility index (Phi) is 3.97. The summed E-state index contributed by atoms with van der Waals surface area (Å²) in [6, 6.07) is 1.68. The van der Waals surface area contributed by atoms with Crippen LogP contribution in [0.15, 0.2) is 23.4 Å². The fourth-order valence-corrected chi connectivity index (χ4v) is 3.82. The number of carbonyl (C=O) groups is 1. The molecule has 0 aliphatic carbocycles. The molecular formula is C14H19N5O3S. The van der Waals surface area contributed by atoms with Gasteiger partial charge in [0.2, 0.25) is 0 Å². The van der Waals surface area contributed by atoms with E-state index in [0.29, 0.717) is 24.5 Å². The Morgan fingerprint density at radius 2 is 2.22 bits per heavy atom. The average Bonchev–Trinajstić information content (AvgIpc) is 3.15. The Morgan fingerprint density at radius 3 is 2.87 bits per heavy atom. The molecule has 23 heavy (non-hydrogen) atoms. The summed E-state index contributed by atoms with van der Waals surface area (Å²) >= 11 is 0. The van der Waals surface area contributed by atoms with Gasteiger partial charge >= 0.3 is 0 Å². The van der Waals surface area contributed by atoms with Crippen LogP contribution >= 0.6 is 0 Å². The van der Waals surface area contributed by atoms with E-state index in [2.05, 4.69) is 15.3 Å². The average molecular weight is 337 g/mol. The highest BCUT2D eigenvalue weighted by atomic mass is 32.2. The van der Waals surface area contributed by atoms with Crippen LogP contribution in [0.25, 0.3) is 0 Å². The van der Waals surface area contributed by atoms with Crippen molar-refractivity contribution in [1.29, 1.82) is 0 Å². The van der Waals surface area contributed by atoms with Gasteiger partial charge in [-0.2, -0.15) is 10.2 Å². The third kappa shape index (κ3) is 3.14. The molecule has 1 unspecified atom stereocenters. The quantitative estimate of drug-likeness (QED) is 0.882. The molecule has 3 heterocycles. The second-order valence-corrected chi connectivity index (χ2v) is 7.87. The van der Waals surface area contributed by atoms with Crippen LogP contribution in [0.1, 0.15) is 34.9 Å². The zero-order valence-electron chi connectivity index (χ0n) is 13.1. The number of rotatable bonds is 3. The number of H-pyrrole nitrogens is 1. The summed E-state index contributed by atoms with van der Waals surface area (Å²) < 4.78 is 25.3. The maximum Gasteiger partial charge on any atom is 0.274 e. The van der Waals surface area contributed by atoms with Crippen LogP contribution in [0.3, 0.4) is 0 Å². The number of piperidine rings is 1. The first-order valence-corrected chi connectivity index (χ1v) is 9.27. The van der Waals surface area contributed by atoms with Crippen LogP contribution in [-0.4, -0.2) is 58.5 Å². The monoisotopic (exact) mass is 337 g/mol. The second kappa shape index (κ2) is 5.80. The molecule has 1 aliphatic rings. The number of hydrogen-bond acceptors (Lipinski definition) is 5. The van der Waals surface area contributed by atoms with Crippen LogP contribution in [-0.2, 0) is 16.9 Å². The van der Waals surface area contributed by atoms with Gasteiger partial charge in [-0.1, -0.05) is 0 Å². The smallest absolute Gasteiger partial charge is 0.274 e. The zero-order valence-corrected chi connectivity index (χ0v) is 13.9. The first kappa shape index (κ1) is 15.7. The van der Waals surface area contributed by atoms with Crippen LogP contribution in [0.5, 0.6) is 0 Å². The Hall–Kier alpha value is -2.16. The molecule has 0 radical (unpaired) electrons. The summed E-state index contributed by atoms with van der Waals surface area (Å²) in [5.74, 6) is -0.195. The maximum atomic E-state index is 12.5. The Labute approximate surface area is 134 Å². The van der Waals surface area contributed by atoms with E-state index in [1.807, 2.05) is 0 Å². The molecule has 3 rings (SSSR count). The van der Waals surface area contributed by atoms with Gasteiger partial charge in [0.05, 0.1) is 11.9 Å². The van der Waals surface area contributed by atoms with E-state index in [9.17, 15) is 13.2 Å². The maximum absolute atomic E-state index is 12.5. The number of amides is 1. The topological polar surface area (TPSA) is 101 Å². The van der Waals surface area contributed by atoms with Gasteiger partial charge in [-0.3, -0.25) is 14.6 Å². The molecular weight excluding hydrogens is 318 g/mol. The van der Waals surface area contributed by atoms with Crippen LogP contribution in [0, 0.1) is 0 Å². The van der Waals surface area contributed by atoms with Crippen molar-refractivity contribution in [1.82, 2.24) is 24.9 Å². The third-order valence-corrected chi connectivity index (χ3v) is 5.21. The summed E-state index contributed by atoms with van der Waals surface area (Å²) in [7, 11) is -1.58. The van der Waals surface area contributed by atoms with Gasteiger partial charge in [0.1, 0.15) is 10.6 Å². The Bertz CT molecular complexity index is 823. The SMILES string of the molecule is Cn1ccc(C(=O)N2CCCC(c3[nH]ncc3S(C)(=O)=O)C2)n1. The van der Waals surface area contributed by atoms with Gasteiger partial charge in [0, 0.05) is 38.5 Å². The van der Waals surface area contributed by atoms with Gasteiger partial charge in [0.25, 0.3) is 5.91 Å². The number of carbonyl (C=O) groups excluding carboxylic acids is 1. The van der Waals surface area contributed by atoms with Gasteiger partial charge in [-0.25, -0.2) is 8.42 Å². The number of nitrogens with zero attached hydrogens (tertiary/aromatic N) is 4. The van der Waals surface area contributed by atoms with Gasteiger partial charge in [0.15, 0.2) is 9.84 Å². The van der Waals surface area contributed by atoms with E-state index in [0.717, 1.165) is 12.8 Å². The van der Waals surface area contributed by atoms with Crippen molar-refractivity contribution in [2.24, 2.45) is 7.05 Å². The number of aromatic nitrogens is 4. The zero-order chi connectivity index (χ0) is 16.6. The molecule has 0 saturated carbocycles. The minimum Gasteiger partial charge on any atom is -0.337 e. The molecule has 0 bridgehead atoms. The predicted octanol–water partition coefficient (Wildman–Crippen LogP) is 0.567. The van der Waals surface area contributed by atoms with Gasteiger partial charge < -0.3 is 4.90 Å². The lowest BCUT2D eigenvalue weighted by molar-refractivity contribution is 0.0698. The Morgan fingerprint density at radius 1 is 1.43 bits per heavy atom. The number of sulfone groups is 1. The molecule has 124 valence electrons. The highest BCUT2D eigenvalue weighted by Gasteiger charge is 2.30. The van der Waals surface area contributed by atoms with Crippen LogP contribution in [0.2, 0.25) is 0 Å². The van der Waals surface area contributed by atoms with Crippen LogP contribution < -0.4 is 0 Å². The summed E-state index contributed by atoms with van der Waals surface area (Å²) in [5, 5.41) is 10.8. The molecule has 0 spiro atoms. The lowest BCUT2D eigenvalue weighted by atomic mass is 9.94. The molecule has 8 nitrogen and oxygen atoms in total. The molecule has 1 atom stereocenters. The molecule has 1 N–H and O–H groups in total. The normalized spacial score (nSPS) is 19.0. The Balaban J connectivity index is 1.82. The molecule has 2 aromatic heterocycles. The van der Waals surface area contributed by atoms with Gasteiger partial charge in [-0.05, 0) is 18.9 Å². The fraction of sp³-hybridized carbons (Fsp3) is 0.500. The summed E-state index contributed by atoms with van der Waals surface area (Å²) in [4.78, 5) is 14.5. The van der Waals surface area contributed by atoms with Crippen molar-refractivity contribution in [3.05, 3.63) is 29.8 Å². The number of nitrogens with one attached hydrogen (secondary N) is 1. The third-order valence-electron chi connectivity index (χ3n) is 4.08. The second-order valence-electron chi connectivity index (χ2n) is 5.89. The van der Waals surface area contributed by atoms with Crippen molar-refractivity contribution in [3.63, 3.8) is 0 Å². The largest absolute Gasteiger partial charge is 0.337 e. The number of likely N-dealkylation sites (tertiary alicyclic amines) is 1. The first-order chi connectivity index (χ1) is 10.9. The lowest BCUT2D eigenvalue weighted by Gasteiger charge is -2.32. The van der Waals surface area contributed by atoms with Crippen molar-refractivity contribution >= 4 is 15.7 Å². The first-order valence-electron chi connectivity index (χ1n) is 7.38. The van der Waals surface area contributed by atoms with E-state index < -0.39 is 9.84 Å². The summed E-state index contributed by atoms with van der Waals surface area (Å²) in [5.41, 5.74) is 0.993. The van der Waals surface area contributed by atoms with Crippen LogP contribution in [0.4, 0.5) is 0 Å². The number of hydrogen-bond donors (Lipinski definition) is 1. The van der Waals surface area contributed by atoms with Gasteiger partial charge in [-0.15, -0.1) is 0 Å². The predicted molar refractivity (Wildman–Crippen MR) is 82.8 cm³/mol. The minimum absolute atomic E-state index is 0.0661. The molecule has 1 aliphatic heterocycles. The summed E-state index contributed by atoms with van der Waals surface area (Å²) in [6.07, 6.45) is 5.86. The summed E-state index contributed by atoms with van der Waals surface area (Å²) in [6.45, 7) is 1.11. The minimum atomic E-state index is -3.34. The molecule has 1 saturated heterocycles. The van der Waals surface area contributed by atoms with E-state index in [1.54, 1.807) is 28.9 Å².